The predicted octanol–water partition coefficient (Wildman–Crippen LogP) is 2.69. The summed E-state index contributed by atoms with van der Waals surface area (Å²) in [6.45, 7) is 2.07. The highest BCUT2D eigenvalue weighted by atomic mass is 19.1. The highest BCUT2D eigenvalue weighted by Gasteiger charge is 2.15. The molecule has 0 aromatic heterocycles. The Kier molecular flexibility index (Phi) is 6.11. The number of benzene rings is 2. The standard InChI is InChI=1S/C18H20FNO3/c1-13(12-23-16-5-3-2-4-6-16)18(22)20-11-17(21)14-7-9-15(19)10-8-14/h2-10,13,17,21H,11-12H2,1H3,(H,20,22). The summed E-state index contributed by atoms with van der Waals surface area (Å²) in [6, 6.07) is 14.8. The molecule has 23 heavy (non-hydrogen) atoms. The van der Waals surface area contributed by atoms with Gasteiger partial charge in [0.25, 0.3) is 0 Å². The van der Waals surface area contributed by atoms with E-state index >= 15 is 0 Å². The van der Waals surface area contributed by atoms with Crippen LogP contribution < -0.4 is 10.1 Å². The van der Waals surface area contributed by atoms with Crippen LogP contribution in [0.15, 0.2) is 54.6 Å². The number of para-hydroxylation sites is 1. The fourth-order valence-corrected chi connectivity index (χ4v) is 1.99. The molecule has 0 aliphatic carbocycles. The Hall–Kier alpha value is -2.40. The lowest BCUT2D eigenvalue weighted by molar-refractivity contribution is -0.125. The summed E-state index contributed by atoms with van der Waals surface area (Å²) in [6.07, 6.45) is -0.873. The third-order valence-electron chi connectivity index (χ3n) is 3.42. The van der Waals surface area contributed by atoms with Crippen LogP contribution in [0.1, 0.15) is 18.6 Å². The Morgan fingerprint density at radius 2 is 1.83 bits per heavy atom. The number of carbonyl (C=O) groups excluding carboxylic acids is 1. The fourth-order valence-electron chi connectivity index (χ4n) is 1.99. The van der Waals surface area contributed by atoms with E-state index in [0.29, 0.717) is 11.3 Å². The summed E-state index contributed by atoms with van der Waals surface area (Å²) >= 11 is 0. The normalized spacial score (nSPS) is 13.2. The Morgan fingerprint density at radius 3 is 2.48 bits per heavy atom. The first-order chi connectivity index (χ1) is 11.1. The van der Waals surface area contributed by atoms with E-state index in [4.69, 9.17) is 4.74 Å². The van der Waals surface area contributed by atoms with Crippen molar-refractivity contribution in [3.05, 3.63) is 66.0 Å². The molecule has 4 nitrogen and oxygen atoms in total. The molecule has 5 heteroatoms. The van der Waals surface area contributed by atoms with Gasteiger partial charge in [-0.25, -0.2) is 4.39 Å². The molecule has 2 aromatic rings. The SMILES string of the molecule is CC(COc1ccccc1)C(=O)NCC(O)c1ccc(F)cc1. The first-order valence-electron chi connectivity index (χ1n) is 7.45. The van der Waals surface area contributed by atoms with Crippen LogP contribution in [0.3, 0.4) is 0 Å². The minimum atomic E-state index is -0.873. The summed E-state index contributed by atoms with van der Waals surface area (Å²) < 4.78 is 18.4. The van der Waals surface area contributed by atoms with Crippen LogP contribution in [0.25, 0.3) is 0 Å². The lowest BCUT2D eigenvalue weighted by Gasteiger charge is -2.16. The summed E-state index contributed by atoms with van der Waals surface area (Å²) in [4.78, 5) is 12.0. The first kappa shape index (κ1) is 17.0. The van der Waals surface area contributed by atoms with Crippen molar-refractivity contribution in [3.8, 4) is 5.75 Å². The van der Waals surface area contributed by atoms with Gasteiger partial charge in [0.2, 0.25) is 5.91 Å². The van der Waals surface area contributed by atoms with Gasteiger partial charge in [0.1, 0.15) is 11.6 Å². The second-order valence-corrected chi connectivity index (χ2v) is 5.34. The molecule has 0 saturated carbocycles. The number of hydrogen-bond acceptors (Lipinski definition) is 3. The second kappa shape index (κ2) is 8.29. The van der Waals surface area contributed by atoms with Crippen LogP contribution in [0.4, 0.5) is 4.39 Å². The molecule has 2 atom stereocenters. The topological polar surface area (TPSA) is 58.6 Å². The Bertz CT molecular complexity index is 616. The number of aliphatic hydroxyl groups excluding tert-OH is 1. The monoisotopic (exact) mass is 317 g/mol. The third-order valence-corrected chi connectivity index (χ3v) is 3.42. The molecule has 2 rings (SSSR count). The van der Waals surface area contributed by atoms with E-state index in [1.165, 1.54) is 24.3 Å². The summed E-state index contributed by atoms with van der Waals surface area (Å²) in [5.74, 6) is -0.215. The second-order valence-electron chi connectivity index (χ2n) is 5.34. The van der Waals surface area contributed by atoms with E-state index in [9.17, 15) is 14.3 Å². The Balaban J connectivity index is 1.76. The minimum absolute atomic E-state index is 0.0696. The molecule has 1 amide bonds. The third kappa shape index (κ3) is 5.38. The van der Waals surface area contributed by atoms with Gasteiger partial charge in [-0.3, -0.25) is 4.79 Å². The van der Waals surface area contributed by atoms with Crippen molar-refractivity contribution in [2.45, 2.75) is 13.0 Å². The number of carbonyl (C=O) groups is 1. The number of hydrogen-bond donors (Lipinski definition) is 2. The van der Waals surface area contributed by atoms with Crippen LogP contribution in [0.5, 0.6) is 5.75 Å². The number of nitrogens with one attached hydrogen (secondary N) is 1. The van der Waals surface area contributed by atoms with Gasteiger partial charge in [-0.05, 0) is 29.8 Å². The zero-order valence-corrected chi connectivity index (χ0v) is 12.9. The number of halogens is 1. The van der Waals surface area contributed by atoms with Crippen molar-refractivity contribution in [1.29, 1.82) is 0 Å². The molecule has 0 saturated heterocycles. The molecule has 2 unspecified atom stereocenters. The summed E-state index contributed by atoms with van der Waals surface area (Å²) in [5.41, 5.74) is 0.555. The maximum Gasteiger partial charge on any atom is 0.226 e. The average molecular weight is 317 g/mol. The lowest BCUT2D eigenvalue weighted by Crippen LogP contribution is -2.35. The molecule has 2 N–H and O–H groups in total. The molecule has 0 spiro atoms. The van der Waals surface area contributed by atoms with E-state index in [1.807, 2.05) is 30.3 Å². The van der Waals surface area contributed by atoms with Crippen molar-refractivity contribution in [3.63, 3.8) is 0 Å². The zero-order chi connectivity index (χ0) is 16.7. The van der Waals surface area contributed by atoms with E-state index in [1.54, 1.807) is 6.92 Å². The average Bonchev–Trinajstić information content (AvgIpc) is 2.58. The molecular weight excluding hydrogens is 297 g/mol. The lowest BCUT2D eigenvalue weighted by atomic mass is 10.1. The molecule has 0 aliphatic heterocycles. The maximum absolute atomic E-state index is 12.8. The summed E-state index contributed by atoms with van der Waals surface area (Å²) in [5, 5.41) is 12.7. The van der Waals surface area contributed by atoms with Gasteiger partial charge in [-0.15, -0.1) is 0 Å². The quantitative estimate of drug-likeness (QED) is 0.825. The van der Waals surface area contributed by atoms with Crippen LogP contribution in [0, 0.1) is 11.7 Å². The largest absolute Gasteiger partial charge is 0.493 e. The number of amides is 1. The molecular formula is C18H20FNO3. The Labute approximate surface area is 134 Å². The van der Waals surface area contributed by atoms with E-state index in [2.05, 4.69) is 5.32 Å². The van der Waals surface area contributed by atoms with Gasteiger partial charge < -0.3 is 15.2 Å². The van der Waals surface area contributed by atoms with E-state index in [-0.39, 0.29) is 30.8 Å². The minimum Gasteiger partial charge on any atom is -0.493 e. The number of aliphatic hydroxyl groups is 1. The van der Waals surface area contributed by atoms with Gasteiger partial charge in [0.05, 0.1) is 18.6 Å². The summed E-state index contributed by atoms with van der Waals surface area (Å²) in [7, 11) is 0. The Morgan fingerprint density at radius 1 is 1.17 bits per heavy atom. The fraction of sp³-hybridized carbons (Fsp3) is 0.278. The van der Waals surface area contributed by atoms with Gasteiger partial charge in [0, 0.05) is 6.54 Å². The van der Waals surface area contributed by atoms with Gasteiger partial charge in [0.15, 0.2) is 0 Å². The molecule has 122 valence electrons. The van der Waals surface area contributed by atoms with E-state index in [0.717, 1.165) is 0 Å². The predicted molar refractivity (Wildman–Crippen MR) is 85.5 cm³/mol. The molecule has 0 fully saturated rings. The van der Waals surface area contributed by atoms with Gasteiger partial charge >= 0.3 is 0 Å². The van der Waals surface area contributed by atoms with Crippen molar-refractivity contribution in [1.82, 2.24) is 5.32 Å². The van der Waals surface area contributed by atoms with Crippen LogP contribution in [-0.4, -0.2) is 24.2 Å². The zero-order valence-electron chi connectivity index (χ0n) is 12.9. The highest BCUT2D eigenvalue weighted by molar-refractivity contribution is 5.78. The number of rotatable bonds is 7. The van der Waals surface area contributed by atoms with Crippen molar-refractivity contribution < 1.29 is 19.0 Å². The smallest absolute Gasteiger partial charge is 0.226 e. The van der Waals surface area contributed by atoms with Gasteiger partial charge in [-0.2, -0.15) is 0 Å². The molecule has 0 radical (unpaired) electrons. The molecule has 2 aromatic carbocycles. The van der Waals surface area contributed by atoms with Crippen molar-refractivity contribution >= 4 is 5.91 Å². The van der Waals surface area contributed by atoms with Crippen LogP contribution in [-0.2, 0) is 4.79 Å². The maximum atomic E-state index is 12.8. The number of ether oxygens (including phenoxy) is 1. The van der Waals surface area contributed by atoms with Crippen LogP contribution >= 0.6 is 0 Å². The van der Waals surface area contributed by atoms with Gasteiger partial charge in [-0.1, -0.05) is 37.3 Å². The first-order valence-corrected chi connectivity index (χ1v) is 7.45. The molecule has 0 aliphatic rings. The highest BCUT2D eigenvalue weighted by Crippen LogP contribution is 2.13. The molecule has 0 heterocycles. The van der Waals surface area contributed by atoms with Crippen molar-refractivity contribution in [2.75, 3.05) is 13.2 Å². The molecule has 0 bridgehead atoms. The van der Waals surface area contributed by atoms with Crippen molar-refractivity contribution in [2.24, 2.45) is 5.92 Å². The van der Waals surface area contributed by atoms with E-state index < -0.39 is 6.10 Å². The van der Waals surface area contributed by atoms with Crippen LogP contribution in [0.2, 0.25) is 0 Å².